The smallest absolute Gasteiger partial charge is 0.0633 e. The summed E-state index contributed by atoms with van der Waals surface area (Å²) in [4.78, 5) is 9.89. The highest BCUT2D eigenvalue weighted by Crippen LogP contribution is 2.18. The molecule has 2 rings (SSSR count). The van der Waals surface area contributed by atoms with Crippen LogP contribution in [0.25, 0.3) is 0 Å². The van der Waals surface area contributed by atoms with E-state index in [1.165, 1.54) is 25.7 Å². The molecule has 0 bridgehead atoms. The van der Waals surface area contributed by atoms with E-state index in [4.69, 9.17) is 9.98 Å². The number of unbranched alkanes of at least 4 members (excludes halogenated alkanes) is 3. The molecule has 0 saturated heterocycles. The van der Waals surface area contributed by atoms with Crippen LogP contribution >= 0.6 is 0 Å². The summed E-state index contributed by atoms with van der Waals surface area (Å²) >= 11 is 0. The molecule has 0 amide bonds. The first-order valence-corrected chi connectivity index (χ1v) is 9.59. The highest BCUT2D eigenvalue weighted by atomic mass is 14.8. The Morgan fingerprint density at radius 3 is 1.60 bits per heavy atom. The van der Waals surface area contributed by atoms with Gasteiger partial charge in [0.05, 0.1) is 22.8 Å². The fourth-order valence-corrected chi connectivity index (χ4v) is 2.80. The Labute approximate surface area is 152 Å². The molecule has 0 aliphatic rings. The van der Waals surface area contributed by atoms with Crippen LogP contribution in [0.15, 0.2) is 70.6 Å². The molecule has 0 atom stereocenters. The number of hydrogen-bond donors (Lipinski definition) is 0. The van der Waals surface area contributed by atoms with E-state index in [0.29, 0.717) is 0 Å². The molecule has 0 radical (unpaired) electrons. The van der Waals surface area contributed by atoms with E-state index >= 15 is 0 Å². The molecule has 0 unspecified atom stereocenters. The summed E-state index contributed by atoms with van der Waals surface area (Å²) in [5.41, 5.74) is 4.31. The van der Waals surface area contributed by atoms with Gasteiger partial charge in [-0.2, -0.15) is 0 Å². The van der Waals surface area contributed by atoms with Crippen LogP contribution in [0.2, 0.25) is 0 Å². The zero-order valence-corrected chi connectivity index (χ0v) is 15.6. The third-order valence-electron chi connectivity index (χ3n) is 4.13. The molecular formula is C23H30N2. The van der Waals surface area contributed by atoms with Crippen LogP contribution in [0.5, 0.6) is 0 Å². The number of para-hydroxylation sites is 2. The van der Waals surface area contributed by atoms with Gasteiger partial charge in [0.1, 0.15) is 0 Å². The van der Waals surface area contributed by atoms with Crippen LogP contribution < -0.4 is 0 Å². The first-order chi connectivity index (χ1) is 12.3. The Morgan fingerprint density at radius 2 is 1.12 bits per heavy atom. The molecule has 132 valence electrons. The largest absolute Gasteiger partial charge is 0.252 e. The van der Waals surface area contributed by atoms with E-state index in [2.05, 4.69) is 38.1 Å². The molecule has 2 aromatic rings. The predicted octanol–water partition coefficient (Wildman–Crippen LogP) is 7.30. The van der Waals surface area contributed by atoms with Gasteiger partial charge in [-0.05, 0) is 43.5 Å². The summed E-state index contributed by atoms with van der Waals surface area (Å²) < 4.78 is 0. The van der Waals surface area contributed by atoms with E-state index in [-0.39, 0.29) is 0 Å². The fraction of sp³-hybridized carbons (Fsp3) is 0.391. The highest BCUT2D eigenvalue weighted by Gasteiger charge is 2.09. The molecular weight excluding hydrogens is 304 g/mol. The zero-order chi connectivity index (χ0) is 17.7. The number of rotatable bonds is 10. The quantitative estimate of drug-likeness (QED) is 0.321. The molecule has 0 aromatic heterocycles. The van der Waals surface area contributed by atoms with Crippen LogP contribution in [0, 0.1) is 0 Å². The fourth-order valence-electron chi connectivity index (χ4n) is 2.80. The molecule has 2 heteroatoms. The van der Waals surface area contributed by atoms with Crippen molar-refractivity contribution in [1.82, 2.24) is 0 Å². The number of aliphatic imine (C=N–C) groups is 2. The average Bonchev–Trinajstić information content (AvgIpc) is 2.66. The van der Waals surface area contributed by atoms with Gasteiger partial charge in [0, 0.05) is 0 Å². The molecule has 25 heavy (non-hydrogen) atoms. The van der Waals surface area contributed by atoms with E-state index in [0.717, 1.165) is 42.1 Å². The van der Waals surface area contributed by atoms with Gasteiger partial charge >= 0.3 is 0 Å². The average molecular weight is 335 g/mol. The second-order valence-corrected chi connectivity index (χ2v) is 6.35. The lowest BCUT2D eigenvalue weighted by molar-refractivity contribution is 0.684. The van der Waals surface area contributed by atoms with Crippen molar-refractivity contribution in [3.05, 3.63) is 60.7 Å². The predicted molar refractivity (Wildman–Crippen MR) is 111 cm³/mol. The SMILES string of the molecule is CCCCCCC(=Nc1ccccc1)C(CCC)=Nc1ccccc1. The lowest BCUT2D eigenvalue weighted by Crippen LogP contribution is -2.14. The first kappa shape index (κ1) is 19.1. The number of hydrogen-bond acceptors (Lipinski definition) is 2. The number of nitrogens with zero attached hydrogens (tertiary/aromatic N) is 2. The lowest BCUT2D eigenvalue weighted by atomic mass is 10.0. The summed E-state index contributed by atoms with van der Waals surface area (Å²) in [5, 5.41) is 0. The van der Waals surface area contributed by atoms with Crippen molar-refractivity contribution in [2.75, 3.05) is 0 Å². The summed E-state index contributed by atoms with van der Waals surface area (Å²) in [6, 6.07) is 20.5. The van der Waals surface area contributed by atoms with Gasteiger partial charge < -0.3 is 0 Å². The Morgan fingerprint density at radius 1 is 0.600 bits per heavy atom. The Balaban J connectivity index is 2.29. The summed E-state index contributed by atoms with van der Waals surface area (Å²) in [5.74, 6) is 0. The van der Waals surface area contributed by atoms with Gasteiger partial charge in [0.15, 0.2) is 0 Å². The molecule has 0 spiro atoms. The third-order valence-corrected chi connectivity index (χ3v) is 4.13. The molecule has 0 saturated carbocycles. The first-order valence-electron chi connectivity index (χ1n) is 9.59. The zero-order valence-electron chi connectivity index (χ0n) is 15.6. The van der Waals surface area contributed by atoms with Crippen LogP contribution in [-0.4, -0.2) is 11.4 Å². The Hall–Kier alpha value is -2.22. The highest BCUT2D eigenvalue weighted by molar-refractivity contribution is 6.43. The maximum Gasteiger partial charge on any atom is 0.0633 e. The van der Waals surface area contributed by atoms with Crippen molar-refractivity contribution in [1.29, 1.82) is 0 Å². The maximum absolute atomic E-state index is 4.96. The third kappa shape index (κ3) is 7.04. The molecule has 0 aliphatic carbocycles. The van der Waals surface area contributed by atoms with Gasteiger partial charge in [-0.1, -0.05) is 75.9 Å². The molecule has 0 heterocycles. The van der Waals surface area contributed by atoms with Gasteiger partial charge in [0.2, 0.25) is 0 Å². The normalized spacial score (nSPS) is 12.4. The molecule has 0 fully saturated rings. The Kier molecular flexibility index (Phi) is 8.68. The van der Waals surface area contributed by atoms with Crippen molar-refractivity contribution >= 4 is 22.8 Å². The van der Waals surface area contributed by atoms with Crippen molar-refractivity contribution in [2.24, 2.45) is 9.98 Å². The lowest BCUT2D eigenvalue weighted by Gasteiger charge is -2.11. The summed E-state index contributed by atoms with van der Waals surface area (Å²) in [6.07, 6.45) is 8.03. The second kappa shape index (κ2) is 11.4. The van der Waals surface area contributed by atoms with Crippen molar-refractivity contribution in [3.63, 3.8) is 0 Å². The van der Waals surface area contributed by atoms with Crippen molar-refractivity contribution in [2.45, 2.75) is 58.8 Å². The van der Waals surface area contributed by atoms with Gasteiger partial charge in [-0.3, -0.25) is 9.98 Å². The molecule has 2 nitrogen and oxygen atoms in total. The van der Waals surface area contributed by atoms with Crippen LogP contribution in [0.3, 0.4) is 0 Å². The van der Waals surface area contributed by atoms with Gasteiger partial charge in [-0.25, -0.2) is 0 Å². The van der Waals surface area contributed by atoms with E-state index < -0.39 is 0 Å². The van der Waals surface area contributed by atoms with Crippen molar-refractivity contribution in [3.8, 4) is 0 Å². The minimum atomic E-state index is 0.967. The van der Waals surface area contributed by atoms with Crippen LogP contribution in [-0.2, 0) is 0 Å². The second-order valence-electron chi connectivity index (χ2n) is 6.35. The molecule has 0 N–H and O–H groups in total. The van der Waals surface area contributed by atoms with Crippen LogP contribution in [0.1, 0.15) is 58.8 Å². The van der Waals surface area contributed by atoms with Gasteiger partial charge in [0.25, 0.3) is 0 Å². The van der Waals surface area contributed by atoms with Gasteiger partial charge in [-0.15, -0.1) is 0 Å². The minimum Gasteiger partial charge on any atom is -0.252 e. The van der Waals surface area contributed by atoms with E-state index in [1.54, 1.807) is 0 Å². The maximum atomic E-state index is 4.96. The summed E-state index contributed by atoms with van der Waals surface area (Å²) in [7, 11) is 0. The summed E-state index contributed by atoms with van der Waals surface area (Å²) in [6.45, 7) is 4.45. The van der Waals surface area contributed by atoms with E-state index in [1.807, 2.05) is 36.4 Å². The molecule has 2 aromatic carbocycles. The topological polar surface area (TPSA) is 24.7 Å². The molecule has 0 aliphatic heterocycles. The van der Waals surface area contributed by atoms with Crippen LogP contribution in [0.4, 0.5) is 11.4 Å². The van der Waals surface area contributed by atoms with E-state index in [9.17, 15) is 0 Å². The monoisotopic (exact) mass is 334 g/mol. The minimum absolute atomic E-state index is 0.967. The standard InChI is InChI=1S/C23H30N2/c1-3-5-6-13-19-23(25-21-17-11-8-12-18-21)22(14-4-2)24-20-15-9-7-10-16-20/h7-12,15-18H,3-6,13-14,19H2,1-2H3. The Bertz CT molecular complexity index is 657. The number of benzene rings is 2. The van der Waals surface area contributed by atoms with Crippen molar-refractivity contribution < 1.29 is 0 Å².